The predicted molar refractivity (Wildman–Crippen MR) is 81.0 cm³/mol. The van der Waals surface area contributed by atoms with Gasteiger partial charge in [0.2, 0.25) is 5.91 Å². The molecular formula is C16H21N3O2. The van der Waals surface area contributed by atoms with Crippen LogP contribution in [0.2, 0.25) is 0 Å². The zero-order chi connectivity index (χ0) is 14.7. The van der Waals surface area contributed by atoms with E-state index in [1.165, 1.54) is 0 Å². The molecule has 0 aliphatic carbocycles. The number of nitrogens with zero attached hydrogens (tertiary/aromatic N) is 1. The lowest BCUT2D eigenvalue weighted by molar-refractivity contribution is -0.122. The second-order valence-electron chi connectivity index (χ2n) is 5.61. The zero-order valence-corrected chi connectivity index (χ0v) is 12.3. The van der Waals surface area contributed by atoms with Crippen LogP contribution in [-0.4, -0.2) is 34.6 Å². The Morgan fingerprint density at radius 2 is 2.38 bits per heavy atom. The van der Waals surface area contributed by atoms with Gasteiger partial charge in [0, 0.05) is 19.4 Å². The van der Waals surface area contributed by atoms with Crippen LogP contribution in [0.5, 0.6) is 0 Å². The SMILES string of the molecule is C[C@H](NC(=O)CCc1nc2ccccc2[nH]1)[C@@H]1CCCO1. The molecule has 2 aromatic rings. The molecule has 1 aliphatic rings. The average molecular weight is 287 g/mol. The molecular weight excluding hydrogens is 266 g/mol. The second-order valence-corrected chi connectivity index (χ2v) is 5.61. The number of amides is 1. The molecule has 1 aliphatic heterocycles. The molecule has 0 unspecified atom stereocenters. The van der Waals surface area contributed by atoms with E-state index in [2.05, 4.69) is 15.3 Å². The zero-order valence-electron chi connectivity index (χ0n) is 12.3. The summed E-state index contributed by atoms with van der Waals surface area (Å²) in [5.74, 6) is 0.912. The van der Waals surface area contributed by atoms with Gasteiger partial charge >= 0.3 is 0 Å². The number of para-hydroxylation sites is 2. The Hall–Kier alpha value is -1.88. The molecule has 0 radical (unpaired) electrons. The molecule has 1 saturated heterocycles. The van der Waals surface area contributed by atoms with Gasteiger partial charge in [-0.3, -0.25) is 4.79 Å². The maximum atomic E-state index is 12.0. The van der Waals surface area contributed by atoms with E-state index in [-0.39, 0.29) is 18.1 Å². The number of rotatable bonds is 5. The third kappa shape index (κ3) is 3.42. The summed E-state index contributed by atoms with van der Waals surface area (Å²) in [4.78, 5) is 19.7. The van der Waals surface area contributed by atoms with Crippen molar-refractivity contribution in [1.82, 2.24) is 15.3 Å². The van der Waals surface area contributed by atoms with E-state index < -0.39 is 0 Å². The Bertz CT molecular complexity index is 584. The Morgan fingerprint density at radius 1 is 1.52 bits per heavy atom. The molecule has 1 aromatic carbocycles. The van der Waals surface area contributed by atoms with Gasteiger partial charge in [-0.05, 0) is 31.9 Å². The van der Waals surface area contributed by atoms with E-state index in [1.54, 1.807) is 0 Å². The van der Waals surface area contributed by atoms with Crippen molar-refractivity contribution in [2.45, 2.75) is 44.8 Å². The molecule has 1 fully saturated rings. The van der Waals surface area contributed by atoms with Gasteiger partial charge in [-0.25, -0.2) is 4.98 Å². The van der Waals surface area contributed by atoms with Crippen molar-refractivity contribution < 1.29 is 9.53 Å². The second kappa shape index (κ2) is 6.26. The molecule has 1 amide bonds. The van der Waals surface area contributed by atoms with E-state index in [1.807, 2.05) is 31.2 Å². The molecule has 0 spiro atoms. The Balaban J connectivity index is 1.50. The lowest BCUT2D eigenvalue weighted by atomic mass is 10.1. The first-order chi connectivity index (χ1) is 10.2. The van der Waals surface area contributed by atoms with Gasteiger partial charge in [0.1, 0.15) is 5.82 Å². The van der Waals surface area contributed by atoms with Crippen LogP contribution in [-0.2, 0) is 16.0 Å². The Morgan fingerprint density at radius 3 is 3.14 bits per heavy atom. The van der Waals surface area contributed by atoms with Crippen molar-refractivity contribution in [1.29, 1.82) is 0 Å². The molecule has 2 atom stereocenters. The third-order valence-corrected chi connectivity index (χ3v) is 3.94. The first-order valence-electron chi connectivity index (χ1n) is 7.57. The number of fused-ring (bicyclic) bond motifs is 1. The van der Waals surface area contributed by atoms with Crippen molar-refractivity contribution in [3.8, 4) is 0 Å². The third-order valence-electron chi connectivity index (χ3n) is 3.94. The largest absolute Gasteiger partial charge is 0.376 e. The van der Waals surface area contributed by atoms with Crippen LogP contribution in [0.25, 0.3) is 11.0 Å². The van der Waals surface area contributed by atoms with Crippen molar-refractivity contribution in [2.75, 3.05) is 6.61 Å². The summed E-state index contributed by atoms with van der Waals surface area (Å²) >= 11 is 0. The van der Waals surface area contributed by atoms with Crippen LogP contribution >= 0.6 is 0 Å². The van der Waals surface area contributed by atoms with Crippen LogP contribution in [0.15, 0.2) is 24.3 Å². The van der Waals surface area contributed by atoms with Crippen molar-refractivity contribution in [3.63, 3.8) is 0 Å². The van der Waals surface area contributed by atoms with E-state index in [4.69, 9.17) is 4.74 Å². The number of imidazole rings is 1. The van der Waals surface area contributed by atoms with Gasteiger partial charge in [0.05, 0.1) is 23.2 Å². The molecule has 2 heterocycles. The number of aromatic nitrogens is 2. The molecule has 0 saturated carbocycles. The van der Waals surface area contributed by atoms with Crippen LogP contribution in [0, 0.1) is 0 Å². The normalized spacial score (nSPS) is 19.8. The van der Waals surface area contributed by atoms with Crippen LogP contribution < -0.4 is 5.32 Å². The number of aromatic amines is 1. The van der Waals surface area contributed by atoms with Gasteiger partial charge < -0.3 is 15.0 Å². The van der Waals surface area contributed by atoms with E-state index >= 15 is 0 Å². The number of benzene rings is 1. The molecule has 0 bridgehead atoms. The molecule has 2 N–H and O–H groups in total. The maximum absolute atomic E-state index is 12.0. The Labute approximate surface area is 124 Å². The molecule has 112 valence electrons. The number of H-pyrrole nitrogens is 1. The molecule has 5 heteroatoms. The topological polar surface area (TPSA) is 67.0 Å². The lowest BCUT2D eigenvalue weighted by Gasteiger charge is -2.19. The first-order valence-corrected chi connectivity index (χ1v) is 7.57. The Kier molecular flexibility index (Phi) is 4.20. The smallest absolute Gasteiger partial charge is 0.220 e. The highest BCUT2D eigenvalue weighted by Gasteiger charge is 2.23. The minimum atomic E-state index is 0.0541. The number of hydrogen-bond acceptors (Lipinski definition) is 3. The summed E-state index contributed by atoms with van der Waals surface area (Å²) in [5.41, 5.74) is 1.96. The highest BCUT2D eigenvalue weighted by molar-refractivity contribution is 5.77. The predicted octanol–water partition coefficient (Wildman–Crippen LogP) is 2.18. The van der Waals surface area contributed by atoms with Crippen LogP contribution in [0.1, 0.15) is 32.0 Å². The minimum Gasteiger partial charge on any atom is -0.376 e. The quantitative estimate of drug-likeness (QED) is 0.885. The first kappa shape index (κ1) is 14.1. The monoisotopic (exact) mass is 287 g/mol. The summed E-state index contributed by atoms with van der Waals surface area (Å²) in [6, 6.07) is 7.97. The van der Waals surface area contributed by atoms with E-state index in [0.717, 1.165) is 36.3 Å². The standard InChI is InChI=1S/C16H21N3O2/c1-11(14-7-4-10-21-14)17-16(20)9-8-15-18-12-5-2-3-6-13(12)19-15/h2-3,5-6,11,14H,4,7-10H2,1H3,(H,17,20)(H,18,19)/t11-,14-/m0/s1. The maximum Gasteiger partial charge on any atom is 0.220 e. The molecule has 3 rings (SSSR count). The summed E-state index contributed by atoms with van der Waals surface area (Å²) in [5, 5.41) is 3.02. The van der Waals surface area contributed by atoms with Gasteiger partial charge in [-0.15, -0.1) is 0 Å². The summed E-state index contributed by atoms with van der Waals surface area (Å²) < 4.78 is 5.59. The number of aryl methyl sites for hydroxylation is 1. The number of carbonyl (C=O) groups is 1. The number of nitrogens with one attached hydrogen (secondary N) is 2. The summed E-state index contributed by atoms with van der Waals surface area (Å²) in [7, 11) is 0. The summed E-state index contributed by atoms with van der Waals surface area (Å²) in [6.45, 7) is 2.82. The molecule has 1 aromatic heterocycles. The number of ether oxygens (including phenoxy) is 1. The summed E-state index contributed by atoms with van der Waals surface area (Å²) in [6.07, 6.45) is 3.35. The van der Waals surface area contributed by atoms with E-state index in [0.29, 0.717) is 12.8 Å². The van der Waals surface area contributed by atoms with Crippen molar-refractivity contribution in [2.24, 2.45) is 0 Å². The highest BCUT2D eigenvalue weighted by Crippen LogP contribution is 2.15. The fraction of sp³-hybridized carbons (Fsp3) is 0.500. The average Bonchev–Trinajstić information content (AvgIpc) is 3.14. The molecule has 5 nitrogen and oxygen atoms in total. The van der Waals surface area contributed by atoms with Gasteiger partial charge in [0.15, 0.2) is 0 Å². The molecule has 21 heavy (non-hydrogen) atoms. The fourth-order valence-corrected chi connectivity index (χ4v) is 2.77. The van der Waals surface area contributed by atoms with Crippen molar-refractivity contribution in [3.05, 3.63) is 30.1 Å². The number of carbonyl (C=O) groups excluding carboxylic acids is 1. The van der Waals surface area contributed by atoms with E-state index in [9.17, 15) is 4.79 Å². The van der Waals surface area contributed by atoms with Gasteiger partial charge in [-0.2, -0.15) is 0 Å². The van der Waals surface area contributed by atoms with Crippen molar-refractivity contribution >= 4 is 16.9 Å². The van der Waals surface area contributed by atoms with Crippen LogP contribution in [0.3, 0.4) is 0 Å². The highest BCUT2D eigenvalue weighted by atomic mass is 16.5. The minimum absolute atomic E-state index is 0.0541. The van der Waals surface area contributed by atoms with Gasteiger partial charge in [-0.1, -0.05) is 12.1 Å². The lowest BCUT2D eigenvalue weighted by Crippen LogP contribution is -2.40. The van der Waals surface area contributed by atoms with Gasteiger partial charge in [0.25, 0.3) is 0 Å². The fourth-order valence-electron chi connectivity index (χ4n) is 2.77. The number of hydrogen-bond donors (Lipinski definition) is 2. The van der Waals surface area contributed by atoms with Crippen LogP contribution in [0.4, 0.5) is 0 Å².